The molecule has 0 aromatic carbocycles. The molecule has 0 bridgehead atoms. The molecule has 0 spiro atoms. The summed E-state index contributed by atoms with van der Waals surface area (Å²) in [4.78, 5) is 0. The average molecular weight is 212 g/mol. The van der Waals surface area contributed by atoms with Crippen molar-refractivity contribution >= 4 is 18.3 Å². The van der Waals surface area contributed by atoms with Gasteiger partial charge in [-0.05, 0) is 45.1 Å². The molecule has 3 heteroatoms. The number of hydrogen-bond acceptors (Lipinski definition) is 3. The molecule has 0 radical (unpaired) electrons. The highest BCUT2D eigenvalue weighted by molar-refractivity contribution is 7.84. The first-order chi connectivity index (χ1) is 6.57. The van der Waals surface area contributed by atoms with Gasteiger partial charge in [-0.15, -0.1) is 12.6 Å². The van der Waals surface area contributed by atoms with Gasteiger partial charge < -0.3 is 11.1 Å². The summed E-state index contributed by atoms with van der Waals surface area (Å²) in [7, 11) is 0. The van der Waals surface area contributed by atoms with E-state index in [2.05, 4.69) is 12.6 Å². The maximum absolute atomic E-state index is 7.49. The molecule has 3 N–H and O–H groups in total. The lowest BCUT2D eigenvalue weighted by Crippen LogP contribution is -1.95. The lowest BCUT2D eigenvalue weighted by atomic mass is 10.0. The van der Waals surface area contributed by atoms with E-state index >= 15 is 0 Å². The van der Waals surface area contributed by atoms with Crippen LogP contribution in [0.2, 0.25) is 0 Å². The minimum Gasteiger partial charge on any atom is -0.394 e. The van der Waals surface area contributed by atoms with Crippen LogP contribution in [0.15, 0.2) is 22.8 Å². The third kappa shape index (κ3) is 6.78. The third-order valence-electron chi connectivity index (χ3n) is 2.08. The molecular formula is C11H20N2S. The van der Waals surface area contributed by atoms with Crippen LogP contribution in [0.4, 0.5) is 0 Å². The highest BCUT2D eigenvalue weighted by Gasteiger charge is 1.97. The van der Waals surface area contributed by atoms with Gasteiger partial charge in [0.25, 0.3) is 0 Å². The van der Waals surface area contributed by atoms with Gasteiger partial charge in [0.15, 0.2) is 0 Å². The zero-order valence-electron chi connectivity index (χ0n) is 9.01. The van der Waals surface area contributed by atoms with Gasteiger partial charge in [0.1, 0.15) is 0 Å². The molecular weight excluding hydrogens is 192 g/mol. The Hall–Kier alpha value is -0.700. The van der Waals surface area contributed by atoms with Crippen molar-refractivity contribution in [1.29, 1.82) is 5.41 Å². The van der Waals surface area contributed by atoms with Crippen LogP contribution in [-0.4, -0.2) is 5.71 Å². The molecule has 0 saturated carbocycles. The van der Waals surface area contributed by atoms with E-state index in [0.29, 0.717) is 10.7 Å². The summed E-state index contributed by atoms with van der Waals surface area (Å²) >= 11 is 3.99. The molecule has 0 amide bonds. The van der Waals surface area contributed by atoms with E-state index in [9.17, 15) is 0 Å². The smallest absolute Gasteiger partial charge is 0.0583 e. The molecule has 0 saturated heterocycles. The Bertz CT molecular complexity index is 238. The van der Waals surface area contributed by atoms with Crippen molar-refractivity contribution < 1.29 is 0 Å². The second kappa shape index (κ2) is 7.68. The van der Waals surface area contributed by atoms with Crippen LogP contribution in [0.3, 0.4) is 0 Å². The van der Waals surface area contributed by atoms with Crippen LogP contribution in [0.25, 0.3) is 0 Å². The van der Waals surface area contributed by atoms with E-state index in [-0.39, 0.29) is 0 Å². The third-order valence-corrected chi connectivity index (χ3v) is 2.27. The minimum absolute atomic E-state index is 0.597. The Kier molecular flexibility index (Phi) is 7.30. The van der Waals surface area contributed by atoms with Crippen molar-refractivity contribution in [3.05, 3.63) is 22.8 Å². The fraction of sp³-hybridized carbons (Fsp3) is 0.545. The number of rotatable bonds is 6. The molecule has 0 aliphatic heterocycles. The van der Waals surface area contributed by atoms with Gasteiger partial charge in [0.2, 0.25) is 0 Å². The number of thiol groups is 1. The second-order valence-electron chi connectivity index (χ2n) is 3.31. The van der Waals surface area contributed by atoms with E-state index in [4.69, 9.17) is 11.1 Å². The summed E-state index contributed by atoms with van der Waals surface area (Å²) < 4.78 is 0. The van der Waals surface area contributed by atoms with Crippen LogP contribution in [-0.2, 0) is 0 Å². The Morgan fingerprint density at radius 3 is 2.50 bits per heavy atom. The van der Waals surface area contributed by atoms with E-state index < -0.39 is 0 Å². The molecule has 14 heavy (non-hydrogen) atoms. The fourth-order valence-electron chi connectivity index (χ4n) is 1.26. The molecule has 0 fully saturated rings. The van der Waals surface area contributed by atoms with Gasteiger partial charge in [-0.25, -0.2) is 0 Å². The van der Waals surface area contributed by atoms with Crippen LogP contribution in [0.5, 0.6) is 0 Å². The van der Waals surface area contributed by atoms with Gasteiger partial charge in [-0.2, -0.15) is 0 Å². The molecule has 0 aromatic rings. The predicted molar refractivity (Wildman–Crippen MR) is 66.9 cm³/mol. The topological polar surface area (TPSA) is 49.9 Å². The zero-order chi connectivity index (χ0) is 11.0. The van der Waals surface area contributed by atoms with Crippen LogP contribution in [0.1, 0.15) is 39.5 Å². The molecule has 0 rings (SSSR count). The first kappa shape index (κ1) is 13.3. The summed E-state index contributed by atoms with van der Waals surface area (Å²) in [6.45, 7) is 3.82. The number of unbranched alkanes of at least 4 members (excludes halogenated alkanes) is 2. The standard InChI is InChI=1S/C11H20N2S/c1-3-10(9(2)12)7-5-4-6-8-11(13)14/h3,8,12,14H,4-7,13H2,1-2H3/b10-3+,11-8+,12-9?. The van der Waals surface area contributed by atoms with Crippen molar-refractivity contribution in [2.75, 3.05) is 0 Å². The molecule has 0 atom stereocenters. The van der Waals surface area contributed by atoms with E-state index in [0.717, 1.165) is 31.3 Å². The first-order valence-corrected chi connectivity index (χ1v) is 5.38. The largest absolute Gasteiger partial charge is 0.394 e. The van der Waals surface area contributed by atoms with E-state index in [1.165, 1.54) is 0 Å². The monoisotopic (exact) mass is 212 g/mol. The Labute approximate surface area is 92.2 Å². The minimum atomic E-state index is 0.597. The van der Waals surface area contributed by atoms with E-state index in [1.807, 2.05) is 26.0 Å². The molecule has 0 heterocycles. The van der Waals surface area contributed by atoms with Gasteiger partial charge in [-0.1, -0.05) is 12.2 Å². The average Bonchev–Trinajstić information content (AvgIpc) is 2.10. The Morgan fingerprint density at radius 1 is 1.43 bits per heavy atom. The summed E-state index contributed by atoms with van der Waals surface area (Å²) in [5.74, 6) is 0. The van der Waals surface area contributed by atoms with Crippen molar-refractivity contribution in [3.63, 3.8) is 0 Å². The van der Waals surface area contributed by atoms with Gasteiger partial charge in [0, 0.05) is 5.71 Å². The molecule has 0 unspecified atom stereocenters. The van der Waals surface area contributed by atoms with Crippen LogP contribution < -0.4 is 5.73 Å². The molecule has 0 aliphatic rings. The number of hydrogen-bond donors (Lipinski definition) is 3. The lowest BCUT2D eigenvalue weighted by Gasteiger charge is -2.03. The quantitative estimate of drug-likeness (QED) is 0.353. The zero-order valence-corrected chi connectivity index (χ0v) is 9.90. The molecule has 2 nitrogen and oxygen atoms in total. The molecule has 0 aromatic heterocycles. The highest BCUT2D eigenvalue weighted by atomic mass is 32.1. The second-order valence-corrected chi connectivity index (χ2v) is 3.83. The summed E-state index contributed by atoms with van der Waals surface area (Å²) in [6.07, 6.45) is 8.12. The van der Waals surface area contributed by atoms with E-state index in [1.54, 1.807) is 0 Å². The highest BCUT2D eigenvalue weighted by Crippen LogP contribution is 2.10. The van der Waals surface area contributed by atoms with Crippen molar-refractivity contribution in [2.45, 2.75) is 39.5 Å². The van der Waals surface area contributed by atoms with Crippen molar-refractivity contribution in [2.24, 2.45) is 5.73 Å². The number of allylic oxidation sites excluding steroid dienone is 3. The summed E-state index contributed by atoms with van der Waals surface area (Å²) in [5.41, 5.74) is 7.21. The van der Waals surface area contributed by atoms with Crippen molar-refractivity contribution in [3.8, 4) is 0 Å². The normalized spacial score (nSPS) is 13.1. The van der Waals surface area contributed by atoms with Crippen LogP contribution >= 0.6 is 12.6 Å². The summed E-state index contributed by atoms with van der Waals surface area (Å²) in [5, 5.41) is 8.08. The van der Waals surface area contributed by atoms with Crippen molar-refractivity contribution in [1.82, 2.24) is 0 Å². The first-order valence-electron chi connectivity index (χ1n) is 4.93. The SMILES string of the molecule is C/C=C(\CCCC/C=C(\N)S)C(C)=N. The number of nitrogens with one attached hydrogen (secondary N) is 1. The Balaban J connectivity index is 3.64. The number of nitrogens with two attached hydrogens (primary N) is 1. The lowest BCUT2D eigenvalue weighted by molar-refractivity contribution is 0.751. The molecule has 0 aliphatic carbocycles. The Morgan fingerprint density at radius 2 is 2.07 bits per heavy atom. The van der Waals surface area contributed by atoms with Gasteiger partial charge >= 0.3 is 0 Å². The maximum atomic E-state index is 7.49. The molecule has 80 valence electrons. The van der Waals surface area contributed by atoms with Gasteiger partial charge in [-0.3, -0.25) is 0 Å². The van der Waals surface area contributed by atoms with Crippen LogP contribution in [0, 0.1) is 5.41 Å². The predicted octanol–water partition coefficient (Wildman–Crippen LogP) is 3.26. The van der Waals surface area contributed by atoms with Gasteiger partial charge in [0.05, 0.1) is 5.03 Å². The fourth-order valence-corrected chi connectivity index (χ4v) is 1.39. The maximum Gasteiger partial charge on any atom is 0.0583 e. The summed E-state index contributed by atoms with van der Waals surface area (Å²) in [6, 6.07) is 0.